The Morgan fingerprint density at radius 2 is 1.90 bits per heavy atom. The second-order valence-electron chi connectivity index (χ2n) is 4.69. The van der Waals surface area contributed by atoms with Gasteiger partial charge in [0.25, 0.3) is 0 Å². The van der Waals surface area contributed by atoms with Crippen LogP contribution in [-0.2, 0) is 6.42 Å². The third kappa shape index (κ3) is 3.81. The Labute approximate surface area is 129 Å². The molecule has 2 aromatic carbocycles. The molecule has 1 atom stereocenters. The number of nitrogens with one attached hydrogen (secondary N) is 1. The van der Waals surface area contributed by atoms with Crippen molar-refractivity contribution < 1.29 is 4.74 Å². The Hall–Kier alpha value is -1.38. The SMILES string of the molecule is COc1ccccc1CC(C)Nc1ccc(Cl)cc1Cl. The normalized spacial score (nSPS) is 12.0. The minimum atomic E-state index is 0.227. The smallest absolute Gasteiger partial charge is 0.122 e. The Kier molecular flexibility index (Phi) is 5.16. The van der Waals surface area contributed by atoms with Crippen LogP contribution in [0.15, 0.2) is 42.5 Å². The van der Waals surface area contributed by atoms with Crippen molar-refractivity contribution in [2.75, 3.05) is 12.4 Å². The molecule has 0 aliphatic heterocycles. The van der Waals surface area contributed by atoms with Gasteiger partial charge >= 0.3 is 0 Å². The molecule has 0 heterocycles. The molecule has 0 spiro atoms. The quantitative estimate of drug-likeness (QED) is 0.835. The first kappa shape index (κ1) is 15.0. The molecule has 1 N–H and O–H groups in total. The summed E-state index contributed by atoms with van der Waals surface area (Å²) in [6.07, 6.45) is 0.850. The van der Waals surface area contributed by atoms with Crippen LogP contribution in [0, 0.1) is 0 Å². The van der Waals surface area contributed by atoms with E-state index in [1.54, 1.807) is 13.2 Å². The van der Waals surface area contributed by atoms with Crippen LogP contribution in [0.2, 0.25) is 10.0 Å². The van der Waals surface area contributed by atoms with Gasteiger partial charge in [-0.2, -0.15) is 0 Å². The molecular formula is C16H17Cl2NO. The van der Waals surface area contributed by atoms with E-state index in [9.17, 15) is 0 Å². The molecule has 0 aliphatic carbocycles. The average molecular weight is 310 g/mol. The summed E-state index contributed by atoms with van der Waals surface area (Å²) in [5, 5.41) is 4.66. The third-order valence-electron chi connectivity index (χ3n) is 3.05. The largest absolute Gasteiger partial charge is 0.496 e. The van der Waals surface area contributed by atoms with Crippen molar-refractivity contribution >= 4 is 28.9 Å². The number of halogens is 2. The molecule has 0 bridgehead atoms. The number of hydrogen-bond acceptors (Lipinski definition) is 2. The summed E-state index contributed by atoms with van der Waals surface area (Å²) in [6.45, 7) is 2.11. The Balaban J connectivity index is 2.07. The predicted molar refractivity (Wildman–Crippen MR) is 86.2 cm³/mol. The zero-order valence-electron chi connectivity index (χ0n) is 11.5. The van der Waals surface area contributed by atoms with Crippen LogP contribution in [0.25, 0.3) is 0 Å². The van der Waals surface area contributed by atoms with Crippen molar-refractivity contribution in [2.45, 2.75) is 19.4 Å². The summed E-state index contributed by atoms with van der Waals surface area (Å²) in [5.41, 5.74) is 2.05. The first-order valence-electron chi connectivity index (χ1n) is 6.43. The second-order valence-corrected chi connectivity index (χ2v) is 5.53. The maximum absolute atomic E-state index is 6.16. The maximum atomic E-state index is 6.16. The van der Waals surface area contributed by atoms with E-state index in [1.807, 2.05) is 30.3 Å². The molecule has 2 nitrogen and oxygen atoms in total. The summed E-state index contributed by atoms with van der Waals surface area (Å²) >= 11 is 12.1. The summed E-state index contributed by atoms with van der Waals surface area (Å²) in [4.78, 5) is 0. The lowest BCUT2D eigenvalue weighted by atomic mass is 10.1. The molecule has 2 aromatic rings. The summed E-state index contributed by atoms with van der Waals surface area (Å²) in [5.74, 6) is 0.906. The van der Waals surface area contributed by atoms with Gasteiger partial charge in [-0.3, -0.25) is 0 Å². The van der Waals surface area contributed by atoms with Gasteiger partial charge in [-0.1, -0.05) is 41.4 Å². The van der Waals surface area contributed by atoms with E-state index in [2.05, 4.69) is 18.3 Å². The fourth-order valence-electron chi connectivity index (χ4n) is 2.12. The number of methoxy groups -OCH3 is 1. The first-order chi connectivity index (χ1) is 9.60. The number of hydrogen-bond donors (Lipinski definition) is 1. The molecule has 0 saturated carbocycles. The van der Waals surface area contributed by atoms with Gasteiger partial charge in [0, 0.05) is 11.1 Å². The van der Waals surface area contributed by atoms with Gasteiger partial charge in [0.05, 0.1) is 17.8 Å². The summed E-state index contributed by atoms with van der Waals surface area (Å²) < 4.78 is 5.36. The van der Waals surface area contributed by atoms with E-state index >= 15 is 0 Å². The van der Waals surface area contributed by atoms with Gasteiger partial charge < -0.3 is 10.1 Å². The van der Waals surface area contributed by atoms with Crippen LogP contribution in [0.3, 0.4) is 0 Å². The molecule has 4 heteroatoms. The molecular weight excluding hydrogens is 293 g/mol. The molecule has 0 fully saturated rings. The predicted octanol–water partition coefficient (Wildman–Crippen LogP) is 5.05. The van der Waals surface area contributed by atoms with E-state index in [0.29, 0.717) is 10.0 Å². The van der Waals surface area contributed by atoms with E-state index < -0.39 is 0 Å². The molecule has 0 radical (unpaired) electrons. The fraction of sp³-hybridized carbons (Fsp3) is 0.250. The minimum Gasteiger partial charge on any atom is -0.496 e. The van der Waals surface area contributed by atoms with E-state index in [-0.39, 0.29) is 6.04 Å². The monoisotopic (exact) mass is 309 g/mol. The van der Waals surface area contributed by atoms with Crippen LogP contribution in [0.5, 0.6) is 5.75 Å². The molecule has 0 aromatic heterocycles. The van der Waals surface area contributed by atoms with Crippen molar-refractivity contribution in [3.05, 3.63) is 58.1 Å². The number of para-hydroxylation sites is 1. The highest BCUT2D eigenvalue weighted by atomic mass is 35.5. The molecule has 20 heavy (non-hydrogen) atoms. The highest BCUT2D eigenvalue weighted by Crippen LogP contribution is 2.27. The molecule has 1 unspecified atom stereocenters. The first-order valence-corrected chi connectivity index (χ1v) is 7.19. The van der Waals surface area contributed by atoms with Crippen LogP contribution >= 0.6 is 23.2 Å². The van der Waals surface area contributed by atoms with Crippen LogP contribution in [0.1, 0.15) is 12.5 Å². The highest BCUT2D eigenvalue weighted by molar-refractivity contribution is 6.36. The third-order valence-corrected chi connectivity index (χ3v) is 3.60. The van der Waals surface area contributed by atoms with Crippen molar-refractivity contribution in [3.8, 4) is 5.75 Å². The van der Waals surface area contributed by atoms with Crippen LogP contribution in [-0.4, -0.2) is 13.2 Å². The topological polar surface area (TPSA) is 21.3 Å². The second kappa shape index (κ2) is 6.87. The summed E-state index contributed by atoms with van der Waals surface area (Å²) in [6, 6.07) is 13.7. The Morgan fingerprint density at radius 1 is 1.15 bits per heavy atom. The maximum Gasteiger partial charge on any atom is 0.122 e. The number of ether oxygens (including phenoxy) is 1. The zero-order chi connectivity index (χ0) is 14.5. The van der Waals surface area contributed by atoms with Gasteiger partial charge in [-0.05, 0) is 43.2 Å². The molecule has 106 valence electrons. The molecule has 0 amide bonds. The van der Waals surface area contributed by atoms with Gasteiger partial charge in [0.2, 0.25) is 0 Å². The van der Waals surface area contributed by atoms with E-state index in [4.69, 9.17) is 27.9 Å². The zero-order valence-corrected chi connectivity index (χ0v) is 13.0. The van der Waals surface area contributed by atoms with Gasteiger partial charge in [0.1, 0.15) is 5.75 Å². The van der Waals surface area contributed by atoms with Crippen molar-refractivity contribution in [3.63, 3.8) is 0 Å². The Morgan fingerprint density at radius 3 is 2.60 bits per heavy atom. The number of anilines is 1. The number of rotatable bonds is 5. The standard InChI is InChI=1S/C16H17Cl2NO/c1-11(9-12-5-3-4-6-16(12)20-2)19-15-8-7-13(17)10-14(15)18/h3-8,10-11,19H,9H2,1-2H3. The molecule has 0 aliphatic rings. The number of benzene rings is 2. The minimum absolute atomic E-state index is 0.227. The van der Waals surface area contributed by atoms with E-state index in [0.717, 1.165) is 17.9 Å². The lowest BCUT2D eigenvalue weighted by Crippen LogP contribution is -2.18. The van der Waals surface area contributed by atoms with Gasteiger partial charge in [-0.15, -0.1) is 0 Å². The van der Waals surface area contributed by atoms with Crippen molar-refractivity contribution in [2.24, 2.45) is 0 Å². The summed E-state index contributed by atoms with van der Waals surface area (Å²) in [7, 11) is 1.69. The molecule has 2 rings (SSSR count). The fourth-order valence-corrected chi connectivity index (χ4v) is 2.59. The lowest BCUT2D eigenvalue weighted by molar-refractivity contribution is 0.409. The highest BCUT2D eigenvalue weighted by Gasteiger charge is 2.09. The Bertz CT molecular complexity index is 586. The van der Waals surface area contributed by atoms with E-state index in [1.165, 1.54) is 5.56 Å². The van der Waals surface area contributed by atoms with Crippen LogP contribution < -0.4 is 10.1 Å². The van der Waals surface area contributed by atoms with Gasteiger partial charge in [0.15, 0.2) is 0 Å². The van der Waals surface area contributed by atoms with Crippen molar-refractivity contribution in [1.82, 2.24) is 0 Å². The lowest BCUT2D eigenvalue weighted by Gasteiger charge is -2.18. The van der Waals surface area contributed by atoms with Crippen molar-refractivity contribution in [1.29, 1.82) is 0 Å². The van der Waals surface area contributed by atoms with Gasteiger partial charge in [-0.25, -0.2) is 0 Å². The van der Waals surface area contributed by atoms with Crippen LogP contribution in [0.4, 0.5) is 5.69 Å². The average Bonchev–Trinajstić information content (AvgIpc) is 2.42. The molecule has 0 saturated heterocycles.